The Morgan fingerprint density at radius 1 is 1.24 bits per heavy atom. The molecule has 130 valence electrons. The third-order valence-electron chi connectivity index (χ3n) is 3.66. The average molecular weight is 342 g/mol. The molecule has 0 saturated heterocycles. The number of rotatable bonds is 6. The molecular formula is C18H18N2O5. The molecular weight excluding hydrogens is 324 g/mol. The van der Waals surface area contributed by atoms with Crippen LogP contribution >= 0.6 is 0 Å². The van der Waals surface area contributed by atoms with E-state index in [0.29, 0.717) is 12.0 Å². The van der Waals surface area contributed by atoms with Crippen LogP contribution < -0.4 is 10.1 Å². The molecule has 0 aliphatic carbocycles. The molecule has 0 aliphatic heterocycles. The highest BCUT2D eigenvalue weighted by Gasteiger charge is 2.19. The van der Waals surface area contributed by atoms with Gasteiger partial charge in [-0.15, -0.1) is 0 Å². The van der Waals surface area contributed by atoms with Gasteiger partial charge in [0.25, 0.3) is 11.6 Å². The Morgan fingerprint density at radius 3 is 2.60 bits per heavy atom. The van der Waals surface area contributed by atoms with E-state index in [9.17, 15) is 19.7 Å². The molecule has 0 saturated carbocycles. The lowest BCUT2D eigenvalue weighted by Crippen LogP contribution is -2.30. The number of hydrogen-bond donors (Lipinski definition) is 1. The number of aldehydes is 1. The topological polar surface area (TPSA) is 98.5 Å². The number of anilines is 1. The van der Waals surface area contributed by atoms with Crippen LogP contribution in [0.3, 0.4) is 0 Å². The van der Waals surface area contributed by atoms with E-state index in [1.165, 1.54) is 19.1 Å². The van der Waals surface area contributed by atoms with E-state index >= 15 is 0 Å². The van der Waals surface area contributed by atoms with Gasteiger partial charge in [0.2, 0.25) is 0 Å². The first-order chi connectivity index (χ1) is 11.8. The molecule has 1 amide bonds. The fraction of sp³-hybridized carbons (Fsp3) is 0.222. The van der Waals surface area contributed by atoms with Crippen LogP contribution in [0.2, 0.25) is 0 Å². The number of aryl methyl sites for hydroxylation is 2. The number of carbonyl (C=O) groups excluding carboxylic acids is 2. The third kappa shape index (κ3) is 4.41. The van der Waals surface area contributed by atoms with Crippen molar-refractivity contribution in [3.05, 3.63) is 63.2 Å². The highest BCUT2D eigenvalue weighted by Crippen LogP contribution is 2.24. The van der Waals surface area contributed by atoms with E-state index in [1.807, 2.05) is 32.0 Å². The highest BCUT2D eigenvalue weighted by molar-refractivity contribution is 5.95. The molecule has 7 nitrogen and oxygen atoms in total. The van der Waals surface area contributed by atoms with Crippen molar-refractivity contribution in [2.24, 2.45) is 0 Å². The molecule has 0 unspecified atom stereocenters. The van der Waals surface area contributed by atoms with Crippen LogP contribution in [-0.4, -0.2) is 23.2 Å². The quantitative estimate of drug-likeness (QED) is 0.492. The Balaban J connectivity index is 2.14. The summed E-state index contributed by atoms with van der Waals surface area (Å²) in [4.78, 5) is 33.6. The summed E-state index contributed by atoms with van der Waals surface area (Å²) in [7, 11) is 0. The van der Waals surface area contributed by atoms with Gasteiger partial charge in [-0.25, -0.2) is 0 Å². The molecule has 0 bridgehead atoms. The maximum Gasteiger partial charge on any atom is 0.270 e. The molecule has 2 aromatic carbocycles. The van der Waals surface area contributed by atoms with Gasteiger partial charge in [-0.2, -0.15) is 0 Å². The summed E-state index contributed by atoms with van der Waals surface area (Å²) in [6.07, 6.45) is -0.433. The zero-order valence-corrected chi connectivity index (χ0v) is 14.1. The largest absolute Gasteiger partial charge is 0.480 e. The molecule has 0 aromatic heterocycles. The van der Waals surface area contributed by atoms with Gasteiger partial charge in [-0.3, -0.25) is 19.7 Å². The van der Waals surface area contributed by atoms with Crippen molar-refractivity contribution < 1.29 is 19.2 Å². The predicted octanol–water partition coefficient (Wildman–Crippen LogP) is 3.43. The summed E-state index contributed by atoms with van der Waals surface area (Å²) >= 11 is 0. The molecule has 0 spiro atoms. The first-order valence-corrected chi connectivity index (χ1v) is 7.60. The van der Waals surface area contributed by atoms with Gasteiger partial charge in [0.15, 0.2) is 12.4 Å². The number of nitrogens with zero attached hydrogens (tertiary/aromatic N) is 1. The van der Waals surface area contributed by atoms with Crippen LogP contribution in [-0.2, 0) is 4.79 Å². The van der Waals surface area contributed by atoms with E-state index < -0.39 is 11.0 Å². The van der Waals surface area contributed by atoms with Gasteiger partial charge in [0.05, 0.1) is 10.5 Å². The maximum atomic E-state index is 12.3. The maximum absolute atomic E-state index is 12.3. The van der Waals surface area contributed by atoms with E-state index in [4.69, 9.17) is 4.74 Å². The van der Waals surface area contributed by atoms with Crippen molar-refractivity contribution >= 4 is 23.6 Å². The normalized spacial score (nSPS) is 11.5. The first-order valence-electron chi connectivity index (χ1n) is 7.60. The molecule has 0 fully saturated rings. The Bertz CT molecular complexity index is 832. The summed E-state index contributed by atoms with van der Waals surface area (Å²) in [5, 5.41) is 13.5. The zero-order valence-electron chi connectivity index (χ0n) is 14.1. The number of nitro groups is 1. The minimum absolute atomic E-state index is 0.0144. The van der Waals surface area contributed by atoms with Gasteiger partial charge >= 0.3 is 0 Å². The van der Waals surface area contributed by atoms with Crippen molar-refractivity contribution in [2.45, 2.75) is 26.9 Å². The van der Waals surface area contributed by atoms with Crippen LogP contribution in [0, 0.1) is 24.0 Å². The van der Waals surface area contributed by atoms with E-state index in [1.54, 1.807) is 0 Å². The molecule has 1 N–H and O–H groups in total. The highest BCUT2D eigenvalue weighted by atomic mass is 16.6. The number of nitro benzene ring substituents is 1. The summed E-state index contributed by atoms with van der Waals surface area (Å²) in [6, 6.07) is 9.33. The molecule has 2 aromatic rings. The lowest BCUT2D eigenvalue weighted by molar-refractivity contribution is -0.384. The molecule has 7 heteroatoms. The van der Waals surface area contributed by atoms with Gasteiger partial charge in [-0.1, -0.05) is 12.1 Å². The first kappa shape index (κ1) is 18.1. The standard InChI is InChI=1S/C18H18N2O5/c1-11-4-5-12(2)16(8-11)19-18(22)13(3)25-17-7-6-15(20(23)24)9-14(17)10-21/h4-10,13H,1-3H3,(H,19,22)/t13-/m1/s1. The Labute approximate surface area is 144 Å². The van der Waals surface area contributed by atoms with Crippen molar-refractivity contribution in [3.63, 3.8) is 0 Å². The van der Waals surface area contributed by atoms with Gasteiger partial charge < -0.3 is 10.1 Å². The Morgan fingerprint density at radius 2 is 1.96 bits per heavy atom. The number of amides is 1. The van der Waals surface area contributed by atoms with Crippen LogP contribution in [0.1, 0.15) is 28.4 Å². The molecule has 2 rings (SSSR count). The Hall–Kier alpha value is -3.22. The molecule has 25 heavy (non-hydrogen) atoms. The SMILES string of the molecule is Cc1ccc(C)c(NC(=O)[C@@H](C)Oc2ccc([N+](=O)[O-])cc2C=O)c1. The molecule has 0 radical (unpaired) electrons. The second-order valence-corrected chi connectivity index (χ2v) is 5.66. The number of ether oxygens (including phenoxy) is 1. The smallest absolute Gasteiger partial charge is 0.270 e. The second kappa shape index (κ2) is 7.57. The van der Waals surface area contributed by atoms with Crippen LogP contribution in [0.5, 0.6) is 5.75 Å². The summed E-state index contributed by atoms with van der Waals surface area (Å²) in [6.45, 7) is 5.33. The molecule has 0 heterocycles. The number of non-ortho nitro benzene ring substituents is 1. The predicted molar refractivity (Wildman–Crippen MR) is 93.1 cm³/mol. The fourth-order valence-electron chi connectivity index (χ4n) is 2.20. The number of nitrogens with one attached hydrogen (secondary N) is 1. The van der Waals surface area contributed by atoms with Crippen LogP contribution in [0.25, 0.3) is 0 Å². The zero-order chi connectivity index (χ0) is 18.6. The summed E-state index contributed by atoms with van der Waals surface area (Å²) in [5.41, 5.74) is 2.39. The van der Waals surface area contributed by atoms with Crippen molar-refractivity contribution in [1.29, 1.82) is 0 Å². The lowest BCUT2D eigenvalue weighted by Gasteiger charge is -2.17. The monoisotopic (exact) mass is 342 g/mol. The lowest BCUT2D eigenvalue weighted by atomic mass is 10.1. The van der Waals surface area contributed by atoms with Crippen LogP contribution in [0.15, 0.2) is 36.4 Å². The van der Waals surface area contributed by atoms with Gasteiger partial charge in [-0.05, 0) is 44.0 Å². The van der Waals surface area contributed by atoms with Crippen molar-refractivity contribution in [3.8, 4) is 5.75 Å². The minimum Gasteiger partial charge on any atom is -0.480 e. The summed E-state index contributed by atoms with van der Waals surface area (Å²) < 4.78 is 5.51. The Kier molecular flexibility index (Phi) is 5.49. The second-order valence-electron chi connectivity index (χ2n) is 5.66. The number of carbonyl (C=O) groups is 2. The number of hydrogen-bond acceptors (Lipinski definition) is 5. The van der Waals surface area contributed by atoms with E-state index in [2.05, 4.69) is 5.32 Å². The van der Waals surface area contributed by atoms with Crippen molar-refractivity contribution in [1.82, 2.24) is 0 Å². The fourth-order valence-corrected chi connectivity index (χ4v) is 2.20. The van der Waals surface area contributed by atoms with E-state index in [-0.39, 0.29) is 22.9 Å². The molecule has 0 aliphatic rings. The van der Waals surface area contributed by atoms with Crippen LogP contribution in [0.4, 0.5) is 11.4 Å². The van der Waals surface area contributed by atoms with E-state index in [0.717, 1.165) is 17.2 Å². The van der Waals surface area contributed by atoms with Gasteiger partial charge in [0, 0.05) is 17.8 Å². The number of benzene rings is 2. The summed E-state index contributed by atoms with van der Waals surface area (Å²) in [5.74, 6) is -0.270. The third-order valence-corrected chi connectivity index (χ3v) is 3.66. The minimum atomic E-state index is -0.889. The average Bonchev–Trinajstić information content (AvgIpc) is 2.58. The molecule has 1 atom stereocenters. The van der Waals surface area contributed by atoms with Crippen molar-refractivity contribution in [2.75, 3.05) is 5.32 Å². The van der Waals surface area contributed by atoms with Gasteiger partial charge in [0.1, 0.15) is 5.75 Å².